The van der Waals surface area contributed by atoms with Gasteiger partial charge in [0.25, 0.3) is 0 Å². The predicted molar refractivity (Wildman–Crippen MR) is 80.9 cm³/mol. The van der Waals surface area contributed by atoms with Crippen molar-refractivity contribution >= 4 is 11.9 Å². The zero-order valence-electron chi connectivity index (χ0n) is 13.3. The van der Waals surface area contributed by atoms with Crippen LogP contribution in [0.1, 0.15) is 44.6 Å². The van der Waals surface area contributed by atoms with Crippen molar-refractivity contribution in [2.75, 3.05) is 6.54 Å². The molecule has 1 aromatic carbocycles. The average molecular weight is 325 g/mol. The maximum absolute atomic E-state index is 13.8. The molecule has 126 valence electrons. The summed E-state index contributed by atoms with van der Waals surface area (Å²) in [6.45, 7) is 3.44. The van der Waals surface area contributed by atoms with Crippen molar-refractivity contribution in [2.24, 2.45) is 5.92 Å². The van der Waals surface area contributed by atoms with E-state index >= 15 is 0 Å². The van der Waals surface area contributed by atoms with Gasteiger partial charge in [-0.2, -0.15) is 0 Å². The summed E-state index contributed by atoms with van der Waals surface area (Å²) in [6.07, 6.45) is 1.82. The van der Waals surface area contributed by atoms with Gasteiger partial charge in [0, 0.05) is 25.1 Å². The molecule has 0 aromatic heterocycles. The first kappa shape index (κ1) is 17.4. The lowest BCUT2D eigenvalue weighted by Crippen LogP contribution is -2.39. The van der Waals surface area contributed by atoms with Crippen molar-refractivity contribution in [3.8, 4) is 0 Å². The fourth-order valence-electron chi connectivity index (χ4n) is 2.60. The van der Waals surface area contributed by atoms with Gasteiger partial charge >= 0.3 is 5.97 Å². The molecule has 0 saturated heterocycles. The second-order valence-electron chi connectivity index (χ2n) is 6.29. The van der Waals surface area contributed by atoms with Gasteiger partial charge in [0.05, 0.1) is 5.92 Å². The van der Waals surface area contributed by atoms with Crippen LogP contribution in [0.4, 0.5) is 8.78 Å². The standard InChI is InChI=1S/C17H21F2NO3/c1-10(14-6-3-12(18)8-15(14)19)7-16(21)20(13-4-5-13)9-11(2)17(22)23/h3,6,8,10-11,13H,4-5,7,9H2,1-2H3,(H,22,23). The zero-order chi connectivity index (χ0) is 17.1. The molecule has 1 N–H and O–H groups in total. The average Bonchev–Trinajstić information content (AvgIpc) is 3.28. The summed E-state index contributed by atoms with van der Waals surface area (Å²) in [5.41, 5.74) is 0.293. The molecule has 6 heteroatoms. The van der Waals surface area contributed by atoms with E-state index in [4.69, 9.17) is 5.11 Å². The molecular formula is C17H21F2NO3. The lowest BCUT2D eigenvalue weighted by Gasteiger charge is -2.26. The molecule has 23 heavy (non-hydrogen) atoms. The summed E-state index contributed by atoms with van der Waals surface area (Å²) in [5.74, 6) is -3.48. The SMILES string of the molecule is CC(CN(C(=O)CC(C)c1ccc(F)cc1F)C1CC1)C(=O)O. The minimum absolute atomic E-state index is 0.0748. The van der Waals surface area contributed by atoms with Crippen LogP contribution in [-0.2, 0) is 9.59 Å². The van der Waals surface area contributed by atoms with Gasteiger partial charge in [-0.1, -0.05) is 19.9 Å². The maximum Gasteiger partial charge on any atom is 0.308 e. The monoisotopic (exact) mass is 325 g/mol. The van der Waals surface area contributed by atoms with Gasteiger partial charge in [0.1, 0.15) is 11.6 Å². The Labute approximate surface area is 134 Å². The summed E-state index contributed by atoms with van der Waals surface area (Å²) < 4.78 is 26.8. The van der Waals surface area contributed by atoms with Gasteiger partial charge in [0.2, 0.25) is 5.91 Å². The van der Waals surface area contributed by atoms with Gasteiger partial charge in [-0.3, -0.25) is 9.59 Å². The van der Waals surface area contributed by atoms with E-state index in [9.17, 15) is 18.4 Å². The second-order valence-corrected chi connectivity index (χ2v) is 6.29. The quantitative estimate of drug-likeness (QED) is 0.838. The van der Waals surface area contributed by atoms with Crippen molar-refractivity contribution in [3.63, 3.8) is 0 Å². The molecule has 0 spiro atoms. The maximum atomic E-state index is 13.8. The van der Waals surface area contributed by atoms with E-state index in [1.807, 2.05) is 0 Å². The van der Waals surface area contributed by atoms with Gasteiger partial charge in [-0.25, -0.2) is 8.78 Å². The fraction of sp³-hybridized carbons (Fsp3) is 0.529. The van der Waals surface area contributed by atoms with E-state index < -0.39 is 29.4 Å². The number of carbonyl (C=O) groups is 2. The highest BCUT2D eigenvalue weighted by Crippen LogP contribution is 2.30. The summed E-state index contributed by atoms with van der Waals surface area (Å²) in [4.78, 5) is 25.1. The Morgan fingerprint density at radius 1 is 1.30 bits per heavy atom. The second kappa shape index (κ2) is 7.06. The Balaban J connectivity index is 2.04. The minimum atomic E-state index is -0.943. The Kier molecular flexibility index (Phi) is 5.34. The number of halogens is 2. The Morgan fingerprint density at radius 3 is 2.48 bits per heavy atom. The van der Waals surface area contributed by atoms with Crippen molar-refractivity contribution in [2.45, 2.75) is 45.1 Å². The van der Waals surface area contributed by atoms with Crippen LogP contribution in [0, 0.1) is 17.6 Å². The number of amides is 1. The molecule has 0 heterocycles. The molecular weight excluding hydrogens is 304 g/mol. The first-order chi connectivity index (χ1) is 10.8. The van der Waals surface area contributed by atoms with E-state index in [0.717, 1.165) is 18.9 Å². The Bertz CT molecular complexity index is 602. The van der Waals surface area contributed by atoms with E-state index in [2.05, 4.69) is 0 Å². The lowest BCUT2D eigenvalue weighted by atomic mass is 9.96. The number of carboxylic acids is 1. The molecule has 1 amide bonds. The third-order valence-corrected chi connectivity index (χ3v) is 4.17. The molecule has 0 bridgehead atoms. The molecule has 0 radical (unpaired) electrons. The summed E-state index contributed by atoms with van der Waals surface area (Å²) >= 11 is 0. The third kappa shape index (κ3) is 4.50. The number of nitrogens with zero attached hydrogens (tertiary/aromatic N) is 1. The van der Waals surface area contributed by atoms with Gasteiger partial charge in [-0.15, -0.1) is 0 Å². The number of rotatable bonds is 7. The highest BCUT2D eigenvalue weighted by molar-refractivity contribution is 5.79. The smallest absolute Gasteiger partial charge is 0.308 e. The van der Waals surface area contributed by atoms with Crippen molar-refractivity contribution in [3.05, 3.63) is 35.4 Å². The largest absolute Gasteiger partial charge is 0.481 e. The summed E-state index contributed by atoms with van der Waals surface area (Å²) in [7, 11) is 0. The van der Waals surface area contributed by atoms with Crippen molar-refractivity contribution < 1.29 is 23.5 Å². The first-order valence-corrected chi connectivity index (χ1v) is 7.76. The number of hydrogen-bond donors (Lipinski definition) is 1. The van der Waals surface area contributed by atoms with Crippen LogP contribution in [0.5, 0.6) is 0 Å². The van der Waals surface area contributed by atoms with E-state index in [0.29, 0.717) is 5.56 Å². The van der Waals surface area contributed by atoms with E-state index in [-0.39, 0.29) is 24.9 Å². The first-order valence-electron chi connectivity index (χ1n) is 7.76. The molecule has 0 aliphatic heterocycles. The van der Waals surface area contributed by atoms with Crippen LogP contribution >= 0.6 is 0 Å². The molecule has 1 fully saturated rings. The number of benzene rings is 1. The summed E-state index contributed by atoms with van der Waals surface area (Å²) in [6, 6.07) is 3.42. The molecule has 2 atom stereocenters. The van der Waals surface area contributed by atoms with Gasteiger partial charge < -0.3 is 10.0 Å². The van der Waals surface area contributed by atoms with Gasteiger partial charge in [-0.05, 0) is 30.4 Å². The van der Waals surface area contributed by atoms with Crippen LogP contribution in [0.25, 0.3) is 0 Å². The predicted octanol–water partition coefficient (Wildman–Crippen LogP) is 3.17. The Hall–Kier alpha value is -1.98. The zero-order valence-corrected chi connectivity index (χ0v) is 13.3. The van der Waals surface area contributed by atoms with E-state index in [1.54, 1.807) is 18.7 Å². The highest BCUT2D eigenvalue weighted by atomic mass is 19.1. The van der Waals surface area contributed by atoms with Crippen LogP contribution < -0.4 is 0 Å². The molecule has 1 aromatic rings. The van der Waals surface area contributed by atoms with Gasteiger partial charge in [0.15, 0.2) is 0 Å². The molecule has 2 unspecified atom stereocenters. The molecule has 1 aliphatic carbocycles. The van der Waals surface area contributed by atoms with Crippen LogP contribution in [0.3, 0.4) is 0 Å². The number of hydrogen-bond acceptors (Lipinski definition) is 2. The van der Waals surface area contributed by atoms with Crippen LogP contribution in [-0.4, -0.2) is 34.5 Å². The van der Waals surface area contributed by atoms with Crippen molar-refractivity contribution in [1.82, 2.24) is 4.90 Å². The fourth-order valence-corrected chi connectivity index (χ4v) is 2.60. The van der Waals surface area contributed by atoms with Crippen molar-refractivity contribution in [1.29, 1.82) is 0 Å². The van der Waals surface area contributed by atoms with Crippen LogP contribution in [0.2, 0.25) is 0 Å². The Morgan fingerprint density at radius 2 is 1.96 bits per heavy atom. The molecule has 1 saturated carbocycles. The summed E-state index contributed by atoms with van der Waals surface area (Å²) in [5, 5.41) is 9.01. The molecule has 4 nitrogen and oxygen atoms in total. The van der Waals surface area contributed by atoms with Crippen LogP contribution in [0.15, 0.2) is 18.2 Å². The third-order valence-electron chi connectivity index (χ3n) is 4.17. The van der Waals surface area contributed by atoms with E-state index in [1.165, 1.54) is 12.1 Å². The minimum Gasteiger partial charge on any atom is -0.481 e. The lowest BCUT2D eigenvalue weighted by molar-refractivity contribution is -0.143. The highest BCUT2D eigenvalue weighted by Gasteiger charge is 2.35. The molecule has 2 rings (SSSR count). The normalized spacial score (nSPS) is 16.7. The number of carboxylic acid groups (broad SMARTS) is 1. The number of carbonyl (C=O) groups excluding carboxylic acids is 1. The molecule has 1 aliphatic rings. The topological polar surface area (TPSA) is 57.6 Å². The number of aliphatic carboxylic acids is 1.